The van der Waals surface area contributed by atoms with Crippen LogP contribution >= 0.6 is 0 Å². The zero-order chi connectivity index (χ0) is 15.1. The number of ether oxygens (including phenoxy) is 2. The summed E-state index contributed by atoms with van der Waals surface area (Å²) in [6, 6.07) is 2.53. The quantitative estimate of drug-likeness (QED) is 0.923. The van der Waals surface area contributed by atoms with Crippen molar-refractivity contribution in [1.82, 2.24) is 0 Å². The Labute approximate surface area is 115 Å². The minimum Gasteiger partial charge on any atom is -0.481 e. The highest BCUT2D eigenvalue weighted by molar-refractivity contribution is 5.74. The van der Waals surface area contributed by atoms with E-state index in [4.69, 9.17) is 14.6 Å². The third-order valence-electron chi connectivity index (χ3n) is 3.27. The molecule has 4 nitrogen and oxygen atoms in total. The van der Waals surface area contributed by atoms with E-state index in [1.807, 2.05) is 0 Å². The highest BCUT2D eigenvalue weighted by Gasteiger charge is 2.34. The number of carboxylic acids is 1. The van der Waals surface area contributed by atoms with Crippen molar-refractivity contribution in [3.8, 4) is 11.5 Å². The topological polar surface area (TPSA) is 55.8 Å². The molecule has 20 heavy (non-hydrogen) atoms. The Bertz CT molecular complexity index is 547. The largest absolute Gasteiger partial charge is 0.481 e. The maximum Gasteiger partial charge on any atom is 0.309 e. The Morgan fingerprint density at radius 1 is 1.30 bits per heavy atom. The van der Waals surface area contributed by atoms with E-state index in [1.165, 1.54) is 26.0 Å². The molecule has 0 saturated carbocycles. The number of carbonyl (C=O) groups is 1. The van der Waals surface area contributed by atoms with Crippen molar-refractivity contribution < 1.29 is 28.2 Å². The minimum atomic E-state index is -3.02. The lowest BCUT2D eigenvalue weighted by Gasteiger charge is -2.21. The molecule has 0 radical (unpaired) electrons. The molecule has 1 heterocycles. The number of fused-ring (bicyclic) bond motifs is 1. The van der Waals surface area contributed by atoms with E-state index in [1.54, 1.807) is 0 Å². The van der Waals surface area contributed by atoms with E-state index in [-0.39, 0.29) is 24.5 Å². The highest BCUT2D eigenvalue weighted by atomic mass is 19.3. The number of carboxylic acid groups (broad SMARTS) is 1. The zero-order valence-electron chi connectivity index (χ0n) is 11.5. The van der Waals surface area contributed by atoms with Gasteiger partial charge in [0.15, 0.2) is 11.5 Å². The van der Waals surface area contributed by atoms with Crippen molar-refractivity contribution >= 4 is 5.97 Å². The predicted octanol–water partition coefficient (Wildman–Crippen LogP) is 3.18. The summed E-state index contributed by atoms with van der Waals surface area (Å²) in [6.07, 6.45) is 0.0813. The molecule has 1 aromatic carbocycles. The zero-order valence-corrected chi connectivity index (χ0v) is 11.5. The molecule has 1 N–H and O–H groups in total. The maximum absolute atomic E-state index is 13.5. The molecule has 0 fully saturated rings. The number of halogens is 2. The third-order valence-corrected chi connectivity index (χ3v) is 3.27. The van der Waals surface area contributed by atoms with E-state index in [9.17, 15) is 13.6 Å². The Balaban J connectivity index is 2.47. The molecule has 110 valence electrons. The van der Waals surface area contributed by atoms with Crippen molar-refractivity contribution in [1.29, 1.82) is 0 Å². The number of hydrogen-bond donors (Lipinski definition) is 1. The van der Waals surface area contributed by atoms with Crippen molar-refractivity contribution in [2.45, 2.75) is 33.1 Å². The predicted molar refractivity (Wildman–Crippen MR) is 67.3 cm³/mol. The highest BCUT2D eigenvalue weighted by Crippen LogP contribution is 2.42. The summed E-state index contributed by atoms with van der Waals surface area (Å²) in [4.78, 5) is 11.2. The van der Waals surface area contributed by atoms with Gasteiger partial charge < -0.3 is 14.6 Å². The molecule has 0 aromatic heterocycles. The second kappa shape index (κ2) is 4.61. The normalized spacial score (nSPS) is 14.4. The van der Waals surface area contributed by atoms with Gasteiger partial charge in [-0.2, -0.15) is 0 Å². The molecular formula is C14H16F2O4. The van der Waals surface area contributed by atoms with Gasteiger partial charge in [0.1, 0.15) is 0 Å². The summed E-state index contributed by atoms with van der Waals surface area (Å²) in [5, 5.41) is 9.16. The van der Waals surface area contributed by atoms with Crippen LogP contribution in [0.15, 0.2) is 12.1 Å². The number of hydrogen-bond acceptors (Lipinski definition) is 3. The second-order valence-electron chi connectivity index (χ2n) is 5.62. The van der Waals surface area contributed by atoms with Crippen LogP contribution in [-0.2, 0) is 17.1 Å². The molecule has 6 heteroatoms. The molecule has 2 rings (SSSR count). The fourth-order valence-electron chi connectivity index (χ4n) is 2.02. The third kappa shape index (κ3) is 2.69. The van der Waals surface area contributed by atoms with Crippen LogP contribution in [-0.4, -0.2) is 17.9 Å². The number of rotatable bonds is 4. The van der Waals surface area contributed by atoms with Gasteiger partial charge in [-0.05, 0) is 38.0 Å². The first-order chi connectivity index (χ1) is 9.11. The fraction of sp³-hybridized carbons (Fsp3) is 0.500. The lowest BCUT2D eigenvalue weighted by atomic mass is 9.84. The van der Waals surface area contributed by atoms with Crippen LogP contribution < -0.4 is 9.47 Å². The van der Waals surface area contributed by atoms with E-state index in [0.29, 0.717) is 11.3 Å². The summed E-state index contributed by atoms with van der Waals surface area (Å²) in [7, 11) is 0. The van der Waals surface area contributed by atoms with Crippen LogP contribution in [0.2, 0.25) is 0 Å². The van der Waals surface area contributed by atoms with Crippen molar-refractivity contribution in [3.05, 3.63) is 23.3 Å². The first kappa shape index (κ1) is 14.6. The molecule has 1 aliphatic heterocycles. The summed E-state index contributed by atoms with van der Waals surface area (Å²) >= 11 is 0. The van der Waals surface area contributed by atoms with Gasteiger partial charge >= 0.3 is 5.97 Å². The molecule has 0 bridgehead atoms. The van der Waals surface area contributed by atoms with Gasteiger partial charge in [0.25, 0.3) is 5.92 Å². The lowest BCUT2D eigenvalue weighted by Crippen LogP contribution is -2.26. The first-order valence-electron chi connectivity index (χ1n) is 6.15. The Morgan fingerprint density at radius 3 is 2.50 bits per heavy atom. The lowest BCUT2D eigenvalue weighted by molar-refractivity contribution is -0.146. The smallest absolute Gasteiger partial charge is 0.309 e. The van der Waals surface area contributed by atoms with Gasteiger partial charge in [-0.3, -0.25) is 4.79 Å². The van der Waals surface area contributed by atoms with Gasteiger partial charge in [0, 0.05) is 12.5 Å². The molecule has 0 aliphatic carbocycles. The SMILES string of the molecule is CC(C)(Cc1cc(C(C)(F)F)cc2c1OCO2)C(=O)O. The van der Waals surface area contributed by atoms with Crippen LogP contribution in [0.3, 0.4) is 0 Å². The van der Waals surface area contributed by atoms with Crippen LogP contribution in [0.1, 0.15) is 31.9 Å². The molecule has 0 spiro atoms. The number of benzene rings is 1. The van der Waals surface area contributed by atoms with E-state index < -0.39 is 17.3 Å². The van der Waals surface area contributed by atoms with Gasteiger partial charge in [0.05, 0.1) is 5.41 Å². The van der Waals surface area contributed by atoms with Gasteiger partial charge in [-0.15, -0.1) is 0 Å². The van der Waals surface area contributed by atoms with Crippen molar-refractivity contribution in [2.24, 2.45) is 5.41 Å². The molecule has 0 amide bonds. The molecule has 0 atom stereocenters. The van der Waals surface area contributed by atoms with Crippen molar-refractivity contribution in [3.63, 3.8) is 0 Å². The fourth-order valence-corrected chi connectivity index (χ4v) is 2.02. The molecule has 0 unspecified atom stereocenters. The van der Waals surface area contributed by atoms with Crippen LogP contribution in [0.5, 0.6) is 11.5 Å². The van der Waals surface area contributed by atoms with E-state index in [0.717, 1.165) is 6.92 Å². The average molecular weight is 286 g/mol. The second-order valence-corrected chi connectivity index (χ2v) is 5.62. The Hall–Kier alpha value is -1.85. The average Bonchev–Trinajstić information content (AvgIpc) is 2.75. The minimum absolute atomic E-state index is 0.0471. The van der Waals surface area contributed by atoms with E-state index >= 15 is 0 Å². The van der Waals surface area contributed by atoms with Gasteiger partial charge in [-0.1, -0.05) is 0 Å². The monoisotopic (exact) mass is 286 g/mol. The molecule has 0 saturated heterocycles. The molecule has 1 aliphatic rings. The number of aliphatic carboxylic acids is 1. The van der Waals surface area contributed by atoms with Crippen molar-refractivity contribution in [2.75, 3.05) is 6.79 Å². The van der Waals surface area contributed by atoms with Crippen LogP contribution in [0.25, 0.3) is 0 Å². The summed E-state index contributed by atoms with van der Waals surface area (Å²) in [5.41, 5.74) is -0.872. The van der Waals surface area contributed by atoms with E-state index in [2.05, 4.69) is 0 Å². The summed E-state index contributed by atoms with van der Waals surface area (Å²) in [5.74, 6) is -3.44. The Morgan fingerprint density at radius 2 is 1.95 bits per heavy atom. The summed E-state index contributed by atoms with van der Waals surface area (Å²) in [6.45, 7) is 3.81. The maximum atomic E-state index is 13.5. The Kier molecular flexibility index (Phi) is 3.36. The standard InChI is InChI=1S/C14H16F2O4/c1-13(2,12(17)18)6-8-4-9(14(3,15)16)5-10-11(8)20-7-19-10/h4-5H,6-7H2,1-3H3,(H,17,18). The molecular weight excluding hydrogens is 270 g/mol. The first-order valence-corrected chi connectivity index (χ1v) is 6.15. The summed E-state index contributed by atoms with van der Waals surface area (Å²) < 4.78 is 37.4. The van der Waals surface area contributed by atoms with Gasteiger partial charge in [-0.25, -0.2) is 8.78 Å². The van der Waals surface area contributed by atoms with Crippen LogP contribution in [0, 0.1) is 5.41 Å². The van der Waals surface area contributed by atoms with Gasteiger partial charge in [0.2, 0.25) is 6.79 Å². The molecule has 1 aromatic rings. The van der Waals surface area contributed by atoms with Crippen LogP contribution in [0.4, 0.5) is 8.78 Å². The number of alkyl halides is 2.